The molecule has 1 aliphatic heterocycles. The van der Waals surface area contributed by atoms with Crippen molar-refractivity contribution in [2.75, 3.05) is 0 Å². The van der Waals surface area contributed by atoms with Gasteiger partial charge in [0, 0.05) is 12.8 Å². The lowest BCUT2D eigenvalue weighted by Crippen LogP contribution is -2.41. The van der Waals surface area contributed by atoms with Crippen LogP contribution >= 0.6 is 0 Å². The lowest BCUT2D eigenvalue weighted by molar-refractivity contribution is -0.182. The summed E-state index contributed by atoms with van der Waals surface area (Å²) in [6.07, 6.45) is -3.52. The van der Waals surface area contributed by atoms with E-state index < -0.39 is 36.3 Å². The summed E-state index contributed by atoms with van der Waals surface area (Å²) in [7, 11) is -0.628. The lowest BCUT2D eigenvalue weighted by Gasteiger charge is -2.36. The van der Waals surface area contributed by atoms with E-state index in [1.165, 1.54) is 0 Å². The Morgan fingerprint density at radius 2 is 1.42 bits per heavy atom. The average Bonchev–Trinajstić information content (AvgIpc) is 2.86. The quantitative estimate of drug-likeness (QED) is 0.401. The molecule has 1 aromatic carbocycles. The van der Waals surface area contributed by atoms with Crippen LogP contribution in [-0.4, -0.2) is 30.4 Å². The molecule has 0 spiro atoms. The minimum atomic E-state index is -4.17. The van der Waals surface area contributed by atoms with Crippen molar-refractivity contribution in [1.29, 1.82) is 0 Å². The fraction of sp³-hybridized carbons (Fsp3) is 0.739. The lowest BCUT2D eigenvalue weighted by atomic mass is 9.67. The molecule has 0 N–H and O–H groups in total. The SMILES string of the molecule is CC1(C)OB(c2ccc(C3CC(F)(F)C3)cc2[C@H]2CC[C@H](C(F)(F)F)CC2)OC1(C)C. The number of alkyl halides is 5. The van der Waals surface area contributed by atoms with Crippen molar-refractivity contribution in [2.45, 2.75) is 101 Å². The van der Waals surface area contributed by atoms with Crippen molar-refractivity contribution < 1.29 is 31.3 Å². The summed E-state index contributed by atoms with van der Waals surface area (Å²) in [5.74, 6) is -4.17. The minimum Gasteiger partial charge on any atom is -0.399 e. The normalized spacial score (nSPS) is 30.3. The van der Waals surface area contributed by atoms with Crippen molar-refractivity contribution in [3.63, 3.8) is 0 Å². The van der Waals surface area contributed by atoms with Crippen LogP contribution in [-0.2, 0) is 9.31 Å². The second kappa shape index (κ2) is 7.44. The van der Waals surface area contributed by atoms with Gasteiger partial charge in [0.15, 0.2) is 0 Å². The maximum Gasteiger partial charge on any atom is 0.495 e. The van der Waals surface area contributed by atoms with Gasteiger partial charge < -0.3 is 9.31 Å². The van der Waals surface area contributed by atoms with Gasteiger partial charge in [0.1, 0.15) is 0 Å². The molecule has 1 saturated heterocycles. The molecule has 172 valence electrons. The van der Waals surface area contributed by atoms with E-state index in [-0.39, 0.29) is 37.5 Å². The molecule has 2 aliphatic carbocycles. The van der Waals surface area contributed by atoms with Gasteiger partial charge in [0.25, 0.3) is 0 Å². The number of benzene rings is 1. The molecule has 8 heteroatoms. The van der Waals surface area contributed by atoms with E-state index in [2.05, 4.69) is 0 Å². The molecular weight excluding hydrogens is 414 g/mol. The first-order valence-corrected chi connectivity index (χ1v) is 11.1. The summed E-state index contributed by atoms with van der Waals surface area (Å²) in [5, 5.41) is 0. The highest BCUT2D eigenvalue weighted by Crippen LogP contribution is 2.49. The Labute approximate surface area is 181 Å². The van der Waals surface area contributed by atoms with Crippen LogP contribution in [0.15, 0.2) is 18.2 Å². The highest BCUT2D eigenvalue weighted by atomic mass is 19.4. The Kier molecular flexibility index (Phi) is 5.53. The summed E-state index contributed by atoms with van der Waals surface area (Å²) in [5.41, 5.74) is 1.45. The van der Waals surface area contributed by atoms with Crippen LogP contribution in [0.4, 0.5) is 22.0 Å². The molecular formula is C23H30BF5O2. The molecule has 2 saturated carbocycles. The van der Waals surface area contributed by atoms with Gasteiger partial charge in [0.05, 0.1) is 17.1 Å². The Morgan fingerprint density at radius 3 is 1.90 bits per heavy atom. The fourth-order valence-corrected chi connectivity index (χ4v) is 5.01. The average molecular weight is 444 g/mol. The molecule has 4 rings (SSSR count). The van der Waals surface area contributed by atoms with Crippen molar-refractivity contribution >= 4 is 12.6 Å². The highest BCUT2D eigenvalue weighted by Gasteiger charge is 2.53. The third-order valence-electron chi connectivity index (χ3n) is 7.81. The van der Waals surface area contributed by atoms with Gasteiger partial charge in [-0.3, -0.25) is 0 Å². The van der Waals surface area contributed by atoms with Gasteiger partial charge in [-0.1, -0.05) is 18.2 Å². The molecule has 3 fully saturated rings. The summed E-state index contributed by atoms with van der Waals surface area (Å²) < 4.78 is 78.7. The van der Waals surface area contributed by atoms with Crippen molar-refractivity contribution in [3.8, 4) is 0 Å². The van der Waals surface area contributed by atoms with Crippen molar-refractivity contribution in [1.82, 2.24) is 0 Å². The molecule has 31 heavy (non-hydrogen) atoms. The summed E-state index contributed by atoms with van der Waals surface area (Å²) >= 11 is 0. The Balaban J connectivity index is 1.63. The molecule has 1 aromatic rings. The number of rotatable bonds is 3. The molecule has 0 atom stereocenters. The third-order valence-corrected chi connectivity index (χ3v) is 7.81. The zero-order valence-electron chi connectivity index (χ0n) is 18.5. The maximum atomic E-state index is 13.4. The number of hydrogen-bond donors (Lipinski definition) is 0. The number of hydrogen-bond acceptors (Lipinski definition) is 2. The first kappa shape index (κ1) is 23.0. The molecule has 0 radical (unpaired) electrons. The van der Waals surface area contributed by atoms with Crippen LogP contribution in [0, 0.1) is 5.92 Å². The molecule has 2 nitrogen and oxygen atoms in total. The summed E-state index contributed by atoms with van der Waals surface area (Å²) in [6.45, 7) is 7.80. The molecule has 0 bridgehead atoms. The van der Waals surface area contributed by atoms with Gasteiger partial charge in [-0.25, -0.2) is 8.78 Å². The molecule has 3 aliphatic rings. The summed E-state index contributed by atoms with van der Waals surface area (Å²) in [6, 6.07) is 5.66. The zero-order chi connectivity index (χ0) is 22.8. The van der Waals surface area contributed by atoms with Crippen LogP contribution in [0.3, 0.4) is 0 Å². The molecule has 0 amide bonds. The van der Waals surface area contributed by atoms with E-state index in [1.807, 2.05) is 45.9 Å². The predicted molar refractivity (Wildman–Crippen MR) is 110 cm³/mol. The first-order chi connectivity index (χ1) is 14.2. The van der Waals surface area contributed by atoms with Gasteiger partial charge in [-0.05, 0) is 81.8 Å². The largest absolute Gasteiger partial charge is 0.495 e. The van der Waals surface area contributed by atoms with Gasteiger partial charge >= 0.3 is 13.3 Å². The number of halogens is 5. The Morgan fingerprint density at radius 1 is 0.871 bits per heavy atom. The van der Waals surface area contributed by atoms with Crippen LogP contribution in [0.5, 0.6) is 0 Å². The van der Waals surface area contributed by atoms with Gasteiger partial charge in [-0.15, -0.1) is 0 Å². The van der Waals surface area contributed by atoms with Crippen molar-refractivity contribution in [3.05, 3.63) is 29.3 Å². The fourth-order valence-electron chi connectivity index (χ4n) is 5.01. The van der Waals surface area contributed by atoms with Crippen LogP contribution < -0.4 is 5.46 Å². The predicted octanol–water partition coefficient (Wildman–Crippen LogP) is 6.33. The molecule has 1 heterocycles. The van der Waals surface area contributed by atoms with Crippen LogP contribution in [0.1, 0.15) is 89.2 Å². The molecule has 0 aromatic heterocycles. The Hall–Kier alpha value is -1.15. The Bertz CT molecular complexity index is 804. The third kappa shape index (κ3) is 4.39. The standard InChI is InChI=1S/C23H30BF5O2/c1-20(2)21(3,4)31-24(30-20)19-10-7-15(16-12-22(25,26)13-16)11-18(19)14-5-8-17(9-6-14)23(27,28)29/h7,10-11,14,16-17H,5-6,8-9,12-13H2,1-4H3/t14-,17-. The van der Waals surface area contributed by atoms with E-state index in [4.69, 9.17) is 9.31 Å². The van der Waals surface area contributed by atoms with Crippen LogP contribution in [0.2, 0.25) is 0 Å². The summed E-state index contributed by atoms with van der Waals surface area (Å²) in [4.78, 5) is 0. The van der Waals surface area contributed by atoms with E-state index in [0.717, 1.165) is 16.6 Å². The topological polar surface area (TPSA) is 18.5 Å². The zero-order valence-corrected chi connectivity index (χ0v) is 18.5. The van der Waals surface area contributed by atoms with E-state index in [1.54, 1.807) is 0 Å². The minimum absolute atomic E-state index is 0.0619. The monoisotopic (exact) mass is 444 g/mol. The maximum absolute atomic E-state index is 13.4. The van der Waals surface area contributed by atoms with E-state index in [0.29, 0.717) is 12.8 Å². The second-order valence-corrected chi connectivity index (χ2v) is 10.5. The van der Waals surface area contributed by atoms with E-state index in [9.17, 15) is 22.0 Å². The van der Waals surface area contributed by atoms with Crippen LogP contribution in [0.25, 0.3) is 0 Å². The second-order valence-electron chi connectivity index (χ2n) is 10.5. The van der Waals surface area contributed by atoms with E-state index >= 15 is 0 Å². The van der Waals surface area contributed by atoms with Gasteiger partial charge in [0.2, 0.25) is 5.92 Å². The first-order valence-electron chi connectivity index (χ1n) is 11.1. The van der Waals surface area contributed by atoms with Crippen molar-refractivity contribution in [2.24, 2.45) is 5.92 Å². The molecule has 0 unspecified atom stereocenters. The highest BCUT2D eigenvalue weighted by molar-refractivity contribution is 6.62. The van der Waals surface area contributed by atoms with Gasteiger partial charge in [-0.2, -0.15) is 13.2 Å². The smallest absolute Gasteiger partial charge is 0.399 e.